The molecule has 1 amide bonds. The average molecular weight is 236 g/mol. The minimum Gasteiger partial charge on any atom is -0.497 e. The van der Waals surface area contributed by atoms with Crippen LogP contribution in [-0.4, -0.2) is 19.1 Å². The van der Waals surface area contributed by atoms with E-state index in [1.807, 2.05) is 38.1 Å². The molecule has 0 aliphatic rings. The van der Waals surface area contributed by atoms with E-state index in [9.17, 15) is 4.79 Å². The van der Waals surface area contributed by atoms with Gasteiger partial charge in [0.2, 0.25) is 5.91 Å². The fourth-order valence-corrected chi connectivity index (χ4v) is 1.39. The number of rotatable bonds is 5. The molecule has 1 rings (SSSR count). The molecule has 0 unspecified atom stereocenters. The van der Waals surface area contributed by atoms with Gasteiger partial charge in [-0.25, -0.2) is 0 Å². The van der Waals surface area contributed by atoms with Crippen molar-refractivity contribution in [2.45, 2.75) is 26.4 Å². The highest BCUT2D eigenvalue weighted by atomic mass is 16.5. The Bertz CT molecular complexity index is 377. The third-order valence-corrected chi connectivity index (χ3v) is 2.62. The number of methoxy groups -OCH3 is 1. The summed E-state index contributed by atoms with van der Waals surface area (Å²) in [6, 6.07) is 7.12. The SMILES string of the molecule is COc1cccc(CNC(=O)[C@H](N)C(C)C)c1. The van der Waals surface area contributed by atoms with Crippen LogP contribution in [0.15, 0.2) is 24.3 Å². The Morgan fingerprint density at radius 1 is 1.47 bits per heavy atom. The van der Waals surface area contributed by atoms with E-state index in [-0.39, 0.29) is 11.8 Å². The maximum atomic E-state index is 11.6. The molecule has 0 saturated heterocycles. The highest BCUT2D eigenvalue weighted by molar-refractivity contribution is 5.81. The smallest absolute Gasteiger partial charge is 0.237 e. The maximum absolute atomic E-state index is 11.6. The summed E-state index contributed by atoms with van der Waals surface area (Å²) < 4.78 is 5.11. The molecule has 0 fully saturated rings. The van der Waals surface area contributed by atoms with E-state index < -0.39 is 6.04 Å². The molecule has 0 spiro atoms. The number of hydrogen-bond donors (Lipinski definition) is 2. The lowest BCUT2D eigenvalue weighted by Crippen LogP contribution is -2.43. The molecule has 4 nitrogen and oxygen atoms in total. The van der Waals surface area contributed by atoms with Gasteiger partial charge >= 0.3 is 0 Å². The summed E-state index contributed by atoms with van der Waals surface area (Å²) in [4.78, 5) is 11.6. The van der Waals surface area contributed by atoms with Gasteiger partial charge in [-0.1, -0.05) is 26.0 Å². The van der Waals surface area contributed by atoms with Crippen LogP contribution in [0.1, 0.15) is 19.4 Å². The summed E-state index contributed by atoms with van der Waals surface area (Å²) in [5.74, 6) is 0.799. The van der Waals surface area contributed by atoms with Crippen molar-refractivity contribution in [1.29, 1.82) is 0 Å². The molecule has 1 atom stereocenters. The molecule has 4 heteroatoms. The summed E-state index contributed by atoms with van der Waals surface area (Å²) in [5, 5.41) is 2.81. The van der Waals surface area contributed by atoms with Gasteiger partial charge in [0.05, 0.1) is 13.2 Å². The predicted octanol–water partition coefficient (Wildman–Crippen LogP) is 1.29. The summed E-state index contributed by atoms with van der Waals surface area (Å²) >= 11 is 0. The standard InChI is InChI=1S/C13H20N2O2/c1-9(2)12(14)13(16)15-8-10-5-4-6-11(7-10)17-3/h4-7,9,12H,8,14H2,1-3H3,(H,15,16)/t12-/m1/s1. The monoisotopic (exact) mass is 236 g/mol. The van der Waals surface area contributed by atoms with E-state index in [0.717, 1.165) is 11.3 Å². The van der Waals surface area contributed by atoms with E-state index in [1.165, 1.54) is 0 Å². The molecule has 0 aliphatic carbocycles. The van der Waals surface area contributed by atoms with Crippen molar-refractivity contribution in [3.05, 3.63) is 29.8 Å². The van der Waals surface area contributed by atoms with Crippen LogP contribution in [0.5, 0.6) is 5.75 Å². The Morgan fingerprint density at radius 3 is 2.76 bits per heavy atom. The van der Waals surface area contributed by atoms with Crippen molar-refractivity contribution in [2.24, 2.45) is 11.7 Å². The number of amides is 1. The molecule has 1 aromatic rings. The van der Waals surface area contributed by atoms with Gasteiger partial charge in [-0.15, -0.1) is 0 Å². The fraction of sp³-hybridized carbons (Fsp3) is 0.462. The lowest BCUT2D eigenvalue weighted by Gasteiger charge is -2.15. The van der Waals surface area contributed by atoms with Crippen molar-refractivity contribution in [1.82, 2.24) is 5.32 Å². The zero-order valence-electron chi connectivity index (χ0n) is 10.6. The highest BCUT2D eigenvalue weighted by Gasteiger charge is 2.16. The van der Waals surface area contributed by atoms with Crippen LogP contribution < -0.4 is 15.8 Å². The first-order valence-corrected chi connectivity index (χ1v) is 5.71. The summed E-state index contributed by atoms with van der Waals surface area (Å²) in [5.41, 5.74) is 6.74. The molecule has 0 radical (unpaired) electrons. The lowest BCUT2D eigenvalue weighted by atomic mass is 10.0. The third kappa shape index (κ3) is 4.07. The topological polar surface area (TPSA) is 64.3 Å². The van der Waals surface area contributed by atoms with Gasteiger partial charge in [-0.05, 0) is 23.6 Å². The van der Waals surface area contributed by atoms with Crippen LogP contribution >= 0.6 is 0 Å². The quantitative estimate of drug-likeness (QED) is 0.809. The van der Waals surface area contributed by atoms with Gasteiger partial charge in [-0.2, -0.15) is 0 Å². The number of ether oxygens (including phenoxy) is 1. The van der Waals surface area contributed by atoms with E-state index in [2.05, 4.69) is 5.32 Å². The van der Waals surface area contributed by atoms with Gasteiger partial charge in [0, 0.05) is 6.54 Å². The predicted molar refractivity (Wildman–Crippen MR) is 67.7 cm³/mol. The Hall–Kier alpha value is -1.55. The second-order valence-electron chi connectivity index (χ2n) is 4.34. The number of nitrogens with two attached hydrogens (primary N) is 1. The Morgan fingerprint density at radius 2 is 2.18 bits per heavy atom. The largest absolute Gasteiger partial charge is 0.497 e. The van der Waals surface area contributed by atoms with Crippen LogP contribution in [0.2, 0.25) is 0 Å². The summed E-state index contributed by atoms with van der Waals surface area (Å²) in [6.07, 6.45) is 0. The van der Waals surface area contributed by atoms with Crippen LogP contribution in [0, 0.1) is 5.92 Å². The summed E-state index contributed by atoms with van der Waals surface area (Å²) in [7, 11) is 1.62. The van der Waals surface area contributed by atoms with E-state index in [0.29, 0.717) is 6.54 Å². The zero-order valence-corrected chi connectivity index (χ0v) is 10.6. The number of benzene rings is 1. The van der Waals surface area contributed by atoms with Crippen LogP contribution in [-0.2, 0) is 11.3 Å². The van der Waals surface area contributed by atoms with Crippen molar-refractivity contribution >= 4 is 5.91 Å². The Labute approximate surface area is 102 Å². The van der Waals surface area contributed by atoms with Gasteiger partial charge in [0.25, 0.3) is 0 Å². The third-order valence-electron chi connectivity index (χ3n) is 2.62. The van der Waals surface area contributed by atoms with Crippen LogP contribution in [0.3, 0.4) is 0 Å². The van der Waals surface area contributed by atoms with Crippen molar-refractivity contribution in [3.63, 3.8) is 0 Å². The minimum absolute atomic E-state index is 0.122. The van der Waals surface area contributed by atoms with Crippen LogP contribution in [0.25, 0.3) is 0 Å². The molecule has 0 aromatic heterocycles. The minimum atomic E-state index is -0.458. The molecule has 17 heavy (non-hydrogen) atoms. The van der Waals surface area contributed by atoms with Crippen molar-refractivity contribution in [2.75, 3.05) is 7.11 Å². The number of nitrogens with one attached hydrogen (secondary N) is 1. The first-order chi connectivity index (χ1) is 8.04. The number of carbonyl (C=O) groups is 1. The average Bonchev–Trinajstić information content (AvgIpc) is 2.35. The Balaban J connectivity index is 2.52. The molecular weight excluding hydrogens is 216 g/mol. The van der Waals surface area contributed by atoms with Gasteiger partial charge in [-0.3, -0.25) is 4.79 Å². The lowest BCUT2D eigenvalue weighted by molar-refractivity contribution is -0.123. The zero-order chi connectivity index (χ0) is 12.8. The first-order valence-electron chi connectivity index (χ1n) is 5.71. The van der Waals surface area contributed by atoms with Gasteiger partial charge in [0.15, 0.2) is 0 Å². The van der Waals surface area contributed by atoms with Crippen molar-refractivity contribution in [3.8, 4) is 5.75 Å². The molecule has 0 heterocycles. The normalized spacial score (nSPS) is 12.3. The van der Waals surface area contributed by atoms with E-state index in [1.54, 1.807) is 7.11 Å². The number of hydrogen-bond acceptors (Lipinski definition) is 3. The van der Waals surface area contributed by atoms with Crippen molar-refractivity contribution < 1.29 is 9.53 Å². The first kappa shape index (κ1) is 13.5. The molecule has 0 saturated carbocycles. The van der Waals surface area contributed by atoms with Gasteiger partial charge < -0.3 is 15.8 Å². The molecule has 0 bridgehead atoms. The van der Waals surface area contributed by atoms with E-state index in [4.69, 9.17) is 10.5 Å². The fourth-order valence-electron chi connectivity index (χ4n) is 1.39. The Kier molecular flexibility index (Phi) is 4.97. The second-order valence-corrected chi connectivity index (χ2v) is 4.34. The molecular formula is C13H20N2O2. The molecule has 94 valence electrons. The summed E-state index contributed by atoms with van der Waals surface area (Å²) in [6.45, 7) is 4.32. The highest BCUT2D eigenvalue weighted by Crippen LogP contribution is 2.12. The van der Waals surface area contributed by atoms with Gasteiger partial charge in [0.1, 0.15) is 5.75 Å². The van der Waals surface area contributed by atoms with E-state index >= 15 is 0 Å². The molecule has 0 aliphatic heterocycles. The maximum Gasteiger partial charge on any atom is 0.237 e. The van der Waals surface area contributed by atoms with Crippen LogP contribution in [0.4, 0.5) is 0 Å². The molecule has 1 aromatic carbocycles. The second kappa shape index (κ2) is 6.25. The number of carbonyl (C=O) groups excluding carboxylic acids is 1. The molecule has 3 N–H and O–H groups in total.